The van der Waals surface area contributed by atoms with Crippen LogP contribution in [0.1, 0.15) is 40.0 Å². The summed E-state index contributed by atoms with van der Waals surface area (Å²) in [5.41, 5.74) is 6.32. The van der Waals surface area contributed by atoms with Gasteiger partial charge in [-0.25, -0.2) is 0 Å². The predicted molar refractivity (Wildman–Crippen MR) is 70.6 cm³/mol. The molecule has 1 fully saturated rings. The third-order valence-electron chi connectivity index (χ3n) is 4.20. The van der Waals surface area contributed by atoms with E-state index in [1.807, 2.05) is 0 Å². The van der Waals surface area contributed by atoms with E-state index >= 15 is 0 Å². The molecule has 0 amide bonds. The van der Waals surface area contributed by atoms with Crippen LogP contribution >= 0.6 is 0 Å². The number of likely N-dealkylation sites (N-methyl/N-ethyl adjacent to an activating group) is 2. The summed E-state index contributed by atoms with van der Waals surface area (Å²) in [6.07, 6.45) is 3.74. The first-order valence-corrected chi connectivity index (χ1v) is 6.75. The van der Waals surface area contributed by atoms with Gasteiger partial charge in [0.1, 0.15) is 0 Å². The average molecular weight is 227 g/mol. The Bertz CT molecular complexity index is 207. The zero-order valence-electron chi connectivity index (χ0n) is 11.5. The van der Waals surface area contributed by atoms with Gasteiger partial charge in [-0.1, -0.05) is 13.8 Å². The Morgan fingerprint density at radius 1 is 1.44 bits per heavy atom. The number of piperidine rings is 1. The Kier molecular flexibility index (Phi) is 5.22. The number of nitrogens with zero attached hydrogens (tertiary/aromatic N) is 2. The molecule has 1 rings (SSSR count). The number of rotatable bonds is 5. The summed E-state index contributed by atoms with van der Waals surface area (Å²) in [5, 5.41) is 0. The fourth-order valence-corrected chi connectivity index (χ4v) is 3.19. The minimum Gasteiger partial charge on any atom is -0.329 e. The topological polar surface area (TPSA) is 32.5 Å². The van der Waals surface area contributed by atoms with Gasteiger partial charge in [-0.2, -0.15) is 0 Å². The molecule has 1 aliphatic rings. The summed E-state index contributed by atoms with van der Waals surface area (Å²) in [6.45, 7) is 11.1. The standard InChI is InChI=1S/C13H29N3/c1-5-12(3)16(6-2)13(10-14)8-7-9-15(4)11-13/h12H,5-11,14H2,1-4H3. The maximum Gasteiger partial charge on any atom is 0.0461 e. The Hall–Kier alpha value is -0.120. The average Bonchev–Trinajstić information content (AvgIpc) is 2.29. The van der Waals surface area contributed by atoms with Gasteiger partial charge in [0.15, 0.2) is 0 Å². The predicted octanol–water partition coefficient (Wildman–Crippen LogP) is 1.53. The number of nitrogens with two attached hydrogens (primary N) is 1. The molecule has 2 unspecified atom stereocenters. The maximum absolute atomic E-state index is 6.10. The second-order valence-electron chi connectivity index (χ2n) is 5.31. The molecule has 0 aliphatic carbocycles. The summed E-state index contributed by atoms with van der Waals surface area (Å²) >= 11 is 0. The number of hydrogen-bond acceptors (Lipinski definition) is 3. The lowest BCUT2D eigenvalue weighted by Gasteiger charge is -2.50. The van der Waals surface area contributed by atoms with E-state index in [0.29, 0.717) is 6.04 Å². The van der Waals surface area contributed by atoms with E-state index in [2.05, 4.69) is 37.6 Å². The monoisotopic (exact) mass is 227 g/mol. The Labute approximate surface area is 101 Å². The van der Waals surface area contributed by atoms with Crippen LogP contribution < -0.4 is 5.73 Å². The van der Waals surface area contributed by atoms with Gasteiger partial charge < -0.3 is 10.6 Å². The number of hydrogen-bond donors (Lipinski definition) is 1. The quantitative estimate of drug-likeness (QED) is 0.773. The second-order valence-corrected chi connectivity index (χ2v) is 5.31. The molecule has 16 heavy (non-hydrogen) atoms. The summed E-state index contributed by atoms with van der Waals surface area (Å²) in [7, 11) is 2.22. The Balaban J connectivity index is 2.82. The third-order valence-corrected chi connectivity index (χ3v) is 4.20. The van der Waals surface area contributed by atoms with Crippen molar-refractivity contribution >= 4 is 0 Å². The highest BCUT2D eigenvalue weighted by Gasteiger charge is 2.39. The third kappa shape index (κ3) is 2.76. The van der Waals surface area contributed by atoms with Gasteiger partial charge in [-0.3, -0.25) is 4.90 Å². The lowest BCUT2D eigenvalue weighted by Crippen LogP contribution is -2.64. The Morgan fingerprint density at radius 2 is 2.12 bits per heavy atom. The van der Waals surface area contributed by atoms with E-state index in [-0.39, 0.29) is 5.54 Å². The van der Waals surface area contributed by atoms with Crippen molar-refractivity contribution in [1.29, 1.82) is 0 Å². The van der Waals surface area contributed by atoms with E-state index in [0.717, 1.165) is 19.6 Å². The molecule has 2 N–H and O–H groups in total. The molecule has 3 nitrogen and oxygen atoms in total. The molecule has 1 heterocycles. The SMILES string of the molecule is CCC(C)N(CC)C1(CN)CCCN(C)C1. The number of likely N-dealkylation sites (tertiary alicyclic amines) is 1. The van der Waals surface area contributed by atoms with Gasteiger partial charge in [0.25, 0.3) is 0 Å². The fourth-order valence-electron chi connectivity index (χ4n) is 3.19. The van der Waals surface area contributed by atoms with Gasteiger partial charge in [0.2, 0.25) is 0 Å². The maximum atomic E-state index is 6.10. The molecule has 1 saturated heterocycles. The molecule has 0 saturated carbocycles. The first-order valence-electron chi connectivity index (χ1n) is 6.75. The van der Waals surface area contributed by atoms with Crippen molar-refractivity contribution < 1.29 is 0 Å². The largest absolute Gasteiger partial charge is 0.329 e. The van der Waals surface area contributed by atoms with Crippen LogP contribution in [0.15, 0.2) is 0 Å². The highest BCUT2D eigenvalue weighted by Crippen LogP contribution is 2.28. The highest BCUT2D eigenvalue weighted by molar-refractivity contribution is 4.98. The van der Waals surface area contributed by atoms with Crippen molar-refractivity contribution in [2.75, 3.05) is 33.2 Å². The van der Waals surface area contributed by atoms with Crippen molar-refractivity contribution in [3.05, 3.63) is 0 Å². The van der Waals surface area contributed by atoms with Crippen molar-refractivity contribution in [2.45, 2.75) is 51.6 Å². The molecule has 0 aromatic rings. The zero-order chi connectivity index (χ0) is 12.2. The van der Waals surface area contributed by atoms with E-state index in [1.165, 1.54) is 25.8 Å². The van der Waals surface area contributed by atoms with Crippen LogP contribution in [0.5, 0.6) is 0 Å². The summed E-state index contributed by atoms with van der Waals surface area (Å²) < 4.78 is 0. The van der Waals surface area contributed by atoms with Crippen LogP contribution in [0, 0.1) is 0 Å². The molecular formula is C13H29N3. The van der Waals surface area contributed by atoms with Crippen LogP contribution in [0.4, 0.5) is 0 Å². The lowest BCUT2D eigenvalue weighted by molar-refractivity contribution is 0.00254. The van der Waals surface area contributed by atoms with Crippen molar-refractivity contribution in [3.63, 3.8) is 0 Å². The molecular weight excluding hydrogens is 198 g/mol. The van der Waals surface area contributed by atoms with Gasteiger partial charge in [0, 0.05) is 24.7 Å². The van der Waals surface area contributed by atoms with Gasteiger partial charge in [0.05, 0.1) is 0 Å². The van der Waals surface area contributed by atoms with Gasteiger partial charge in [-0.15, -0.1) is 0 Å². The van der Waals surface area contributed by atoms with Crippen LogP contribution in [0.2, 0.25) is 0 Å². The fraction of sp³-hybridized carbons (Fsp3) is 1.00. The minimum absolute atomic E-state index is 0.219. The molecule has 0 aromatic heterocycles. The summed E-state index contributed by atoms with van der Waals surface area (Å²) in [5.74, 6) is 0. The normalized spacial score (nSPS) is 29.6. The second kappa shape index (κ2) is 5.99. The molecule has 0 spiro atoms. The van der Waals surface area contributed by atoms with Crippen molar-refractivity contribution in [2.24, 2.45) is 5.73 Å². The lowest BCUT2D eigenvalue weighted by atomic mass is 9.86. The van der Waals surface area contributed by atoms with Gasteiger partial charge in [-0.05, 0) is 46.3 Å². The van der Waals surface area contributed by atoms with E-state index in [4.69, 9.17) is 5.73 Å². The molecule has 3 heteroatoms. The minimum atomic E-state index is 0.219. The molecule has 0 aromatic carbocycles. The first-order chi connectivity index (χ1) is 7.59. The van der Waals surface area contributed by atoms with Crippen LogP contribution in [0.3, 0.4) is 0 Å². The van der Waals surface area contributed by atoms with E-state index in [9.17, 15) is 0 Å². The molecule has 96 valence electrons. The first kappa shape index (κ1) is 13.9. The van der Waals surface area contributed by atoms with Gasteiger partial charge >= 0.3 is 0 Å². The summed E-state index contributed by atoms with van der Waals surface area (Å²) in [6, 6.07) is 0.639. The smallest absolute Gasteiger partial charge is 0.0461 e. The van der Waals surface area contributed by atoms with Crippen LogP contribution in [0.25, 0.3) is 0 Å². The highest BCUT2D eigenvalue weighted by atomic mass is 15.3. The Morgan fingerprint density at radius 3 is 2.56 bits per heavy atom. The zero-order valence-corrected chi connectivity index (χ0v) is 11.5. The van der Waals surface area contributed by atoms with Crippen LogP contribution in [-0.4, -0.2) is 54.6 Å². The molecule has 0 bridgehead atoms. The molecule has 1 aliphatic heterocycles. The van der Waals surface area contributed by atoms with E-state index < -0.39 is 0 Å². The van der Waals surface area contributed by atoms with E-state index in [1.54, 1.807) is 0 Å². The van der Waals surface area contributed by atoms with Crippen LogP contribution in [-0.2, 0) is 0 Å². The van der Waals surface area contributed by atoms with Crippen molar-refractivity contribution in [3.8, 4) is 0 Å². The summed E-state index contributed by atoms with van der Waals surface area (Å²) in [4.78, 5) is 5.06. The molecule has 0 radical (unpaired) electrons. The van der Waals surface area contributed by atoms with Crippen molar-refractivity contribution in [1.82, 2.24) is 9.80 Å². The molecule has 2 atom stereocenters.